The van der Waals surface area contributed by atoms with Crippen LogP contribution in [-0.2, 0) is 4.79 Å². The molecule has 1 aromatic rings. The summed E-state index contributed by atoms with van der Waals surface area (Å²) < 4.78 is 5.49. The van der Waals surface area contributed by atoms with Crippen molar-refractivity contribution in [2.75, 3.05) is 19.8 Å². The van der Waals surface area contributed by atoms with Crippen molar-refractivity contribution in [2.45, 2.75) is 20.3 Å². The molecule has 0 spiro atoms. The number of aliphatic hydroxyl groups excluding tert-OH is 1. The summed E-state index contributed by atoms with van der Waals surface area (Å²) in [5, 5.41) is 11.1. The number of amides is 1. The van der Waals surface area contributed by atoms with Crippen LogP contribution in [0.15, 0.2) is 18.2 Å². The standard InChI is InChI=1S/C13H19NO3/c1-10-7-11(2)9-12(8-10)17-6-3-13(16)14-4-5-15/h7-9,15H,3-6H2,1-2H3,(H,14,16). The summed E-state index contributed by atoms with van der Waals surface area (Å²) in [6.07, 6.45) is 0.299. The van der Waals surface area contributed by atoms with E-state index in [2.05, 4.69) is 11.4 Å². The summed E-state index contributed by atoms with van der Waals surface area (Å²) in [5.74, 6) is 0.681. The van der Waals surface area contributed by atoms with Gasteiger partial charge in [-0.25, -0.2) is 0 Å². The van der Waals surface area contributed by atoms with Crippen LogP contribution in [0.1, 0.15) is 17.5 Å². The van der Waals surface area contributed by atoms with Crippen LogP contribution < -0.4 is 10.1 Å². The fourth-order valence-corrected chi connectivity index (χ4v) is 1.56. The predicted molar refractivity (Wildman–Crippen MR) is 66.1 cm³/mol. The molecule has 0 saturated carbocycles. The van der Waals surface area contributed by atoms with Gasteiger partial charge in [0.05, 0.1) is 19.6 Å². The topological polar surface area (TPSA) is 58.6 Å². The van der Waals surface area contributed by atoms with Crippen LogP contribution in [0, 0.1) is 13.8 Å². The quantitative estimate of drug-likeness (QED) is 0.781. The van der Waals surface area contributed by atoms with Crippen molar-refractivity contribution < 1.29 is 14.6 Å². The van der Waals surface area contributed by atoms with Crippen LogP contribution in [0.4, 0.5) is 0 Å². The van der Waals surface area contributed by atoms with Gasteiger partial charge in [-0.15, -0.1) is 0 Å². The summed E-state index contributed by atoms with van der Waals surface area (Å²) in [6, 6.07) is 5.96. The van der Waals surface area contributed by atoms with E-state index in [0.29, 0.717) is 19.6 Å². The lowest BCUT2D eigenvalue weighted by atomic mass is 10.1. The highest BCUT2D eigenvalue weighted by atomic mass is 16.5. The zero-order valence-electron chi connectivity index (χ0n) is 10.3. The third-order valence-corrected chi connectivity index (χ3v) is 2.23. The molecule has 0 aliphatic heterocycles. The van der Waals surface area contributed by atoms with Gasteiger partial charge < -0.3 is 15.2 Å². The lowest BCUT2D eigenvalue weighted by Crippen LogP contribution is -2.27. The van der Waals surface area contributed by atoms with E-state index in [1.54, 1.807) is 0 Å². The minimum Gasteiger partial charge on any atom is -0.493 e. The van der Waals surface area contributed by atoms with Gasteiger partial charge in [0.15, 0.2) is 0 Å². The average molecular weight is 237 g/mol. The maximum atomic E-state index is 11.2. The number of aryl methyl sites for hydroxylation is 2. The normalized spacial score (nSPS) is 10.1. The maximum absolute atomic E-state index is 11.2. The van der Waals surface area contributed by atoms with Crippen LogP contribution in [0.2, 0.25) is 0 Å². The van der Waals surface area contributed by atoms with Gasteiger partial charge in [0.1, 0.15) is 5.75 Å². The number of nitrogens with one attached hydrogen (secondary N) is 1. The maximum Gasteiger partial charge on any atom is 0.223 e. The molecule has 2 N–H and O–H groups in total. The van der Waals surface area contributed by atoms with Gasteiger partial charge in [0.25, 0.3) is 0 Å². The Balaban J connectivity index is 2.33. The van der Waals surface area contributed by atoms with Gasteiger partial charge in [-0.1, -0.05) is 6.07 Å². The molecule has 4 heteroatoms. The van der Waals surface area contributed by atoms with Crippen molar-refractivity contribution >= 4 is 5.91 Å². The second-order valence-electron chi connectivity index (χ2n) is 4.00. The Kier molecular flexibility index (Phi) is 5.49. The molecule has 1 aromatic carbocycles. The minimum atomic E-state index is -0.108. The molecule has 4 nitrogen and oxygen atoms in total. The number of rotatable bonds is 6. The summed E-state index contributed by atoms with van der Waals surface area (Å²) in [7, 11) is 0. The van der Waals surface area contributed by atoms with Crippen molar-refractivity contribution in [2.24, 2.45) is 0 Å². The summed E-state index contributed by atoms with van der Waals surface area (Å²) in [5.41, 5.74) is 2.29. The van der Waals surface area contributed by atoms with Gasteiger partial charge in [0, 0.05) is 6.54 Å². The zero-order valence-corrected chi connectivity index (χ0v) is 10.3. The molecule has 0 bridgehead atoms. The van der Waals surface area contributed by atoms with Gasteiger partial charge in [-0.05, 0) is 37.1 Å². The molecule has 0 aromatic heterocycles. The molecule has 17 heavy (non-hydrogen) atoms. The van der Waals surface area contributed by atoms with E-state index in [-0.39, 0.29) is 12.5 Å². The van der Waals surface area contributed by atoms with E-state index in [0.717, 1.165) is 16.9 Å². The SMILES string of the molecule is Cc1cc(C)cc(OCCC(=O)NCCO)c1. The Morgan fingerprint density at radius 1 is 1.29 bits per heavy atom. The van der Waals surface area contributed by atoms with Crippen molar-refractivity contribution in [1.29, 1.82) is 0 Å². The first-order chi connectivity index (χ1) is 8.11. The third-order valence-electron chi connectivity index (χ3n) is 2.23. The van der Waals surface area contributed by atoms with Crippen LogP contribution in [0.25, 0.3) is 0 Å². The van der Waals surface area contributed by atoms with E-state index in [9.17, 15) is 4.79 Å². The van der Waals surface area contributed by atoms with E-state index < -0.39 is 0 Å². The van der Waals surface area contributed by atoms with E-state index >= 15 is 0 Å². The lowest BCUT2D eigenvalue weighted by Gasteiger charge is -2.08. The molecule has 0 radical (unpaired) electrons. The molecule has 1 amide bonds. The van der Waals surface area contributed by atoms with E-state index in [4.69, 9.17) is 9.84 Å². The molecule has 0 heterocycles. The number of hydrogen-bond donors (Lipinski definition) is 2. The first-order valence-electron chi connectivity index (χ1n) is 5.70. The van der Waals surface area contributed by atoms with Gasteiger partial charge in [-0.2, -0.15) is 0 Å². The number of benzene rings is 1. The van der Waals surface area contributed by atoms with Crippen molar-refractivity contribution in [3.05, 3.63) is 29.3 Å². The molecule has 1 rings (SSSR count). The summed E-state index contributed by atoms with van der Waals surface area (Å²) >= 11 is 0. The smallest absolute Gasteiger partial charge is 0.223 e. The highest BCUT2D eigenvalue weighted by molar-refractivity contribution is 5.75. The molecule has 94 valence electrons. The van der Waals surface area contributed by atoms with Crippen molar-refractivity contribution in [1.82, 2.24) is 5.32 Å². The Morgan fingerprint density at radius 3 is 2.53 bits per heavy atom. The number of carbonyl (C=O) groups excluding carboxylic acids is 1. The molecule has 0 aliphatic carbocycles. The Labute approximate surface area is 102 Å². The molecule has 0 saturated heterocycles. The van der Waals surface area contributed by atoms with Gasteiger partial charge in [0.2, 0.25) is 5.91 Å². The monoisotopic (exact) mass is 237 g/mol. The summed E-state index contributed by atoms with van der Waals surface area (Å²) in [6.45, 7) is 4.62. The van der Waals surface area contributed by atoms with Gasteiger partial charge in [-0.3, -0.25) is 4.79 Å². The summed E-state index contributed by atoms with van der Waals surface area (Å²) in [4.78, 5) is 11.2. The predicted octanol–water partition coefficient (Wildman–Crippen LogP) is 1.18. The van der Waals surface area contributed by atoms with Crippen molar-refractivity contribution in [3.8, 4) is 5.75 Å². The van der Waals surface area contributed by atoms with Crippen LogP contribution in [-0.4, -0.2) is 30.8 Å². The number of ether oxygens (including phenoxy) is 1. The van der Waals surface area contributed by atoms with Crippen LogP contribution in [0.5, 0.6) is 5.75 Å². The Hall–Kier alpha value is -1.55. The molecule has 0 fully saturated rings. The third kappa shape index (κ3) is 5.36. The molecule has 0 aliphatic rings. The van der Waals surface area contributed by atoms with Crippen molar-refractivity contribution in [3.63, 3.8) is 0 Å². The fraction of sp³-hybridized carbons (Fsp3) is 0.462. The minimum absolute atomic E-state index is 0.0380. The molecular formula is C13H19NO3. The number of carbonyl (C=O) groups is 1. The first-order valence-corrected chi connectivity index (χ1v) is 5.70. The molecular weight excluding hydrogens is 218 g/mol. The first kappa shape index (κ1) is 13.5. The molecule has 0 atom stereocenters. The van der Waals surface area contributed by atoms with E-state index in [1.807, 2.05) is 26.0 Å². The fourth-order valence-electron chi connectivity index (χ4n) is 1.56. The van der Waals surface area contributed by atoms with E-state index in [1.165, 1.54) is 0 Å². The second kappa shape index (κ2) is 6.91. The molecule has 0 unspecified atom stereocenters. The van der Waals surface area contributed by atoms with Gasteiger partial charge >= 0.3 is 0 Å². The number of aliphatic hydroxyl groups is 1. The highest BCUT2D eigenvalue weighted by Crippen LogP contribution is 2.16. The Morgan fingerprint density at radius 2 is 1.94 bits per heavy atom. The largest absolute Gasteiger partial charge is 0.493 e. The average Bonchev–Trinajstić information content (AvgIpc) is 2.25. The van der Waals surface area contributed by atoms with Crippen LogP contribution in [0.3, 0.4) is 0 Å². The zero-order chi connectivity index (χ0) is 12.7. The highest BCUT2D eigenvalue weighted by Gasteiger charge is 2.01. The number of hydrogen-bond acceptors (Lipinski definition) is 3. The van der Waals surface area contributed by atoms with Crippen LogP contribution >= 0.6 is 0 Å². The lowest BCUT2D eigenvalue weighted by molar-refractivity contribution is -0.121. The Bertz CT molecular complexity index is 357. The second-order valence-corrected chi connectivity index (χ2v) is 4.00.